The Balaban J connectivity index is 2.63. The molecule has 1 heterocycles. The van der Waals surface area contributed by atoms with Crippen LogP contribution in [0.2, 0.25) is 0 Å². The second kappa shape index (κ2) is 3.78. The van der Waals surface area contributed by atoms with Gasteiger partial charge in [-0.05, 0) is 30.7 Å². The molecular formula is C12H10FN3. The van der Waals surface area contributed by atoms with E-state index in [-0.39, 0.29) is 5.82 Å². The Morgan fingerprint density at radius 1 is 1.44 bits per heavy atom. The van der Waals surface area contributed by atoms with Crippen molar-refractivity contribution in [3.8, 4) is 17.3 Å². The van der Waals surface area contributed by atoms with Crippen molar-refractivity contribution in [2.24, 2.45) is 7.05 Å². The van der Waals surface area contributed by atoms with Crippen molar-refractivity contribution < 1.29 is 4.39 Å². The lowest BCUT2D eigenvalue weighted by Crippen LogP contribution is -1.93. The number of imidazole rings is 1. The SMILES string of the molecule is Cc1cc(-c2c(C#N)ncn2C)ccc1F. The molecule has 1 aromatic heterocycles. The van der Waals surface area contributed by atoms with Crippen molar-refractivity contribution >= 4 is 0 Å². The molecule has 0 amide bonds. The van der Waals surface area contributed by atoms with Crippen molar-refractivity contribution in [3.05, 3.63) is 41.6 Å². The fraction of sp³-hybridized carbons (Fsp3) is 0.167. The Hall–Kier alpha value is -2.15. The third kappa shape index (κ3) is 1.57. The highest BCUT2D eigenvalue weighted by atomic mass is 19.1. The number of nitriles is 1. The van der Waals surface area contributed by atoms with Crippen LogP contribution in [0.5, 0.6) is 0 Å². The smallest absolute Gasteiger partial charge is 0.166 e. The molecule has 0 saturated carbocycles. The Labute approximate surface area is 92.8 Å². The van der Waals surface area contributed by atoms with Gasteiger partial charge in [-0.25, -0.2) is 9.37 Å². The number of benzene rings is 1. The molecule has 80 valence electrons. The van der Waals surface area contributed by atoms with Crippen molar-refractivity contribution in [2.45, 2.75) is 6.92 Å². The van der Waals surface area contributed by atoms with Gasteiger partial charge in [0.2, 0.25) is 0 Å². The van der Waals surface area contributed by atoms with Crippen LogP contribution in [0.4, 0.5) is 4.39 Å². The molecule has 2 aromatic rings. The summed E-state index contributed by atoms with van der Waals surface area (Å²) in [6, 6.07) is 6.79. The molecule has 0 bridgehead atoms. The predicted molar refractivity (Wildman–Crippen MR) is 58.1 cm³/mol. The first-order chi connectivity index (χ1) is 7.63. The van der Waals surface area contributed by atoms with Crippen LogP contribution in [-0.4, -0.2) is 9.55 Å². The lowest BCUT2D eigenvalue weighted by Gasteiger charge is -2.04. The number of halogens is 1. The maximum absolute atomic E-state index is 13.1. The number of hydrogen-bond acceptors (Lipinski definition) is 2. The van der Waals surface area contributed by atoms with Gasteiger partial charge in [0.25, 0.3) is 0 Å². The number of aryl methyl sites for hydroxylation is 2. The minimum absolute atomic E-state index is 0.246. The highest BCUT2D eigenvalue weighted by molar-refractivity contribution is 5.66. The Bertz CT molecular complexity index is 578. The summed E-state index contributed by atoms with van der Waals surface area (Å²) in [6.07, 6.45) is 1.58. The first-order valence-electron chi connectivity index (χ1n) is 4.81. The minimum Gasteiger partial charge on any atom is -0.333 e. The van der Waals surface area contributed by atoms with Gasteiger partial charge in [0, 0.05) is 12.6 Å². The molecule has 0 atom stereocenters. The van der Waals surface area contributed by atoms with Crippen LogP contribution < -0.4 is 0 Å². The van der Waals surface area contributed by atoms with Crippen molar-refractivity contribution in [2.75, 3.05) is 0 Å². The van der Waals surface area contributed by atoms with Crippen molar-refractivity contribution in [3.63, 3.8) is 0 Å². The highest BCUT2D eigenvalue weighted by Gasteiger charge is 2.11. The van der Waals surface area contributed by atoms with E-state index in [4.69, 9.17) is 5.26 Å². The maximum atomic E-state index is 13.1. The van der Waals surface area contributed by atoms with Crippen LogP contribution in [0.15, 0.2) is 24.5 Å². The lowest BCUT2D eigenvalue weighted by atomic mass is 10.1. The lowest BCUT2D eigenvalue weighted by molar-refractivity contribution is 0.618. The van der Waals surface area contributed by atoms with Gasteiger partial charge < -0.3 is 4.57 Å². The zero-order valence-corrected chi connectivity index (χ0v) is 9.03. The fourth-order valence-electron chi connectivity index (χ4n) is 1.64. The van der Waals surface area contributed by atoms with E-state index in [0.29, 0.717) is 17.0 Å². The summed E-state index contributed by atoms with van der Waals surface area (Å²) in [5, 5.41) is 8.92. The predicted octanol–water partition coefficient (Wildman–Crippen LogP) is 2.41. The fourth-order valence-corrected chi connectivity index (χ4v) is 1.64. The second-order valence-corrected chi connectivity index (χ2v) is 3.63. The molecule has 0 radical (unpaired) electrons. The molecule has 0 aliphatic rings. The topological polar surface area (TPSA) is 41.6 Å². The molecule has 2 rings (SSSR count). The number of nitrogens with zero attached hydrogens (tertiary/aromatic N) is 3. The third-order valence-electron chi connectivity index (χ3n) is 2.47. The average Bonchev–Trinajstić information content (AvgIpc) is 2.64. The van der Waals surface area contributed by atoms with E-state index in [1.807, 2.05) is 13.1 Å². The molecule has 0 aliphatic carbocycles. The van der Waals surface area contributed by atoms with Crippen LogP contribution in [0.3, 0.4) is 0 Å². The third-order valence-corrected chi connectivity index (χ3v) is 2.47. The van der Waals surface area contributed by atoms with Crippen LogP contribution in [0, 0.1) is 24.1 Å². The molecule has 0 unspecified atom stereocenters. The Morgan fingerprint density at radius 2 is 2.19 bits per heavy atom. The Morgan fingerprint density at radius 3 is 2.81 bits per heavy atom. The number of rotatable bonds is 1. The first kappa shape index (κ1) is 10.4. The van der Waals surface area contributed by atoms with Crippen molar-refractivity contribution in [1.29, 1.82) is 5.26 Å². The van der Waals surface area contributed by atoms with Crippen LogP contribution in [0.1, 0.15) is 11.3 Å². The molecule has 0 fully saturated rings. The molecule has 0 saturated heterocycles. The Kier molecular flexibility index (Phi) is 2.45. The van der Waals surface area contributed by atoms with Gasteiger partial charge in [-0.1, -0.05) is 0 Å². The zero-order chi connectivity index (χ0) is 11.7. The summed E-state index contributed by atoms with van der Waals surface area (Å²) < 4.78 is 14.9. The van der Waals surface area contributed by atoms with E-state index in [1.165, 1.54) is 6.07 Å². The molecule has 0 aliphatic heterocycles. The molecule has 0 N–H and O–H groups in total. The molecular weight excluding hydrogens is 205 g/mol. The molecule has 4 heteroatoms. The number of aromatic nitrogens is 2. The van der Waals surface area contributed by atoms with Crippen LogP contribution >= 0.6 is 0 Å². The minimum atomic E-state index is -0.246. The molecule has 0 spiro atoms. The summed E-state index contributed by atoms with van der Waals surface area (Å²) in [7, 11) is 1.81. The van der Waals surface area contributed by atoms with Gasteiger partial charge in [0.05, 0.1) is 12.0 Å². The maximum Gasteiger partial charge on any atom is 0.166 e. The van der Waals surface area contributed by atoms with E-state index in [0.717, 1.165) is 5.56 Å². The van der Waals surface area contributed by atoms with E-state index < -0.39 is 0 Å². The van der Waals surface area contributed by atoms with Gasteiger partial charge in [0.15, 0.2) is 5.69 Å². The standard InChI is InChI=1S/C12H10FN3/c1-8-5-9(3-4-10(8)13)12-11(6-14)15-7-16(12)2/h3-5,7H,1-2H3. The van der Waals surface area contributed by atoms with E-state index in [2.05, 4.69) is 4.98 Å². The van der Waals surface area contributed by atoms with Gasteiger partial charge in [-0.3, -0.25) is 0 Å². The monoisotopic (exact) mass is 215 g/mol. The molecule has 16 heavy (non-hydrogen) atoms. The highest BCUT2D eigenvalue weighted by Crippen LogP contribution is 2.23. The van der Waals surface area contributed by atoms with Gasteiger partial charge >= 0.3 is 0 Å². The van der Waals surface area contributed by atoms with E-state index in [9.17, 15) is 4.39 Å². The quantitative estimate of drug-likeness (QED) is 0.733. The largest absolute Gasteiger partial charge is 0.333 e. The summed E-state index contributed by atoms with van der Waals surface area (Å²) in [5.74, 6) is -0.246. The molecule has 1 aromatic carbocycles. The van der Waals surface area contributed by atoms with Crippen LogP contribution in [-0.2, 0) is 7.05 Å². The van der Waals surface area contributed by atoms with Gasteiger partial charge in [-0.15, -0.1) is 0 Å². The van der Waals surface area contributed by atoms with E-state index >= 15 is 0 Å². The normalized spacial score (nSPS) is 10.1. The number of hydrogen-bond donors (Lipinski definition) is 0. The summed E-state index contributed by atoms with van der Waals surface area (Å²) in [5.41, 5.74) is 2.43. The van der Waals surface area contributed by atoms with E-state index in [1.54, 1.807) is 30.0 Å². The second-order valence-electron chi connectivity index (χ2n) is 3.63. The summed E-state index contributed by atoms with van der Waals surface area (Å²) in [6.45, 7) is 1.70. The molecule has 3 nitrogen and oxygen atoms in total. The summed E-state index contributed by atoms with van der Waals surface area (Å²) >= 11 is 0. The average molecular weight is 215 g/mol. The van der Waals surface area contributed by atoms with Crippen LogP contribution in [0.25, 0.3) is 11.3 Å². The first-order valence-corrected chi connectivity index (χ1v) is 4.81. The van der Waals surface area contributed by atoms with Crippen molar-refractivity contribution in [1.82, 2.24) is 9.55 Å². The van der Waals surface area contributed by atoms with Gasteiger partial charge in [0.1, 0.15) is 11.9 Å². The zero-order valence-electron chi connectivity index (χ0n) is 9.03. The van der Waals surface area contributed by atoms with Gasteiger partial charge in [-0.2, -0.15) is 5.26 Å². The summed E-state index contributed by atoms with van der Waals surface area (Å²) in [4.78, 5) is 3.97.